The molecule has 116 valence electrons. The highest BCUT2D eigenvalue weighted by Gasteiger charge is 2.13. The number of rotatable bonds is 6. The van der Waals surface area contributed by atoms with E-state index in [0.29, 0.717) is 5.75 Å². The number of hydrogen-bond donors (Lipinski definition) is 2. The Bertz CT molecular complexity index is 640. The lowest BCUT2D eigenvalue weighted by Crippen LogP contribution is -2.30. The van der Waals surface area contributed by atoms with Crippen LogP contribution in [0, 0.1) is 6.92 Å². The van der Waals surface area contributed by atoms with Crippen molar-refractivity contribution < 1.29 is 14.6 Å². The minimum absolute atomic E-state index is 0.142. The third-order valence-corrected chi connectivity index (χ3v) is 3.58. The molecule has 2 N–H and O–H groups in total. The number of nitrogens with one attached hydrogen (secondary N) is 1. The molecular formula is C18H21NO3. The van der Waals surface area contributed by atoms with Crippen molar-refractivity contribution in [1.82, 2.24) is 5.32 Å². The van der Waals surface area contributed by atoms with Gasteiger partial charge in [0.15, 0.2) is 0 Å². The number of benzene rings is 2. The molecule has 0 saturated heterocycles. The van der Waals surface area contributed by atoms with Crippen LogP contribution in [0.4, 0.5) is 0 Å². The van der Waals surface area contributed by atoms with Crippen LogP contribution < -0.4 is 10.1 Å². The van der Waals surface area contributed by atoms with Crippen LogP contribution in [-0.4, -0.2) is 24.7 Å². The van der Waals surface area contributed by atoms with E-state index in [-0.39, 0.29) is 18.9 Å². The summed E-state index contributed by atoms with van der Waals surface area (Å²) >= 11 is 0. The van der Waals surface area contributed by atoms with Gasteiger partial charge >= 0.3 is 0 Å². The second kappa shape index (κ2) is 7.61. The predicted octanol–water partition coefficient (Wildman–Crippen LogP) is 2.40. The summed E-state index contributed by atoms with van der Waals surface area (Å²) in [6, 6.07) is 15.0. The first kappa shape index (κ1) is 16.0. The fourth-order valence-electron chi connectivity index (χ4n) is 2.37. The number of hydrogen-bond acceptors (Lipinski definition) is 3. The minimum atomic E-state index is -0.706. The van der Waals surface area contributed by atoms with Gasteiger partial charge in [-0.2, -0.15) is 0 Å². The van der Waals surface area contributed by atoms with Crippen molar-refractivity contribution >= 4 is 5.91 Å². The maximum absolute atomic E-state index is 12.0. The zero-order valence-corrected chi connectivity index (χ0v) is 12.9. The number of amides is 1. The molecule has 0 saturated carbocycles. The molecule has 1 atom stereocenters. The van der Waals surface area contributed by atoms with E-state index in [2.05, 4.69) is 5.32 Å². The first-order valence-corrected chi connectivity index (χ1v) is 7.24. The molecule has 2 aromatic carbocycles. The largest absolute Gasteiger partial charge is 0.496 e. The Kier molecular flexibility index (Phi) is 5.55. The van der Waals surface area contributed by atoms with Crippen molar-refractivity contribution in [3.63, 3.8) is 0 Å². The van der Waals surface area contributed by atoms with E-state index in [9.17, 15) is 9.90 Å². The van der Waals surface area contributed by atoms with E-state index in [1.54, 1.807) is 7.11 Å². The number of ether oxygens (including phenoxy) is 1. The van der Waals surface area contributed by atoms with E-state index in [1.807, 2.05) is 55.5 Å². The topological polar surface area (TPSA) is 58.6 Å². The molecule has 0 heterocycles. The number of carbonyl (C=O) groups is 1. The Balaban J connectivity index is 1.92. The Morgan fingerprint density at radius 3 is 2.59 bits per heavy atom. The molecule has 0 fully saturated rings. The summed E-state index contributed by atoms with van der Waals surface area (Å²) in [4.78, 5) is 12.0. The maximum atomic E-state index is 12.0. The molecule has 4 nitrogen and oxygen atoms in total. The number of aryl methyl sites for hydroxylation is 1. The predicted molar refractivity (Wildman–Crippen MR) is 85.8 cm³/mol. The molecule has 22 heavy (non-hydrogen) atoms. The van der Waals surface area contributed by atoms with Crippen molar-refractivity contribution in [2.24, 2.45) is 0 Å². The average Bonchev–Trinajstić information content (AvgIpc) is 2.53. The van der Waals surface area contributed by atoms with Gasteiger partial charge in [0.25, 0.3) is 0 Å². The molecule has 1 amide bonds. The van der Waals surface area contributed by atoms with Gasteiger partial charge in [-0.05, 0) is 24.1 Å². The highest BCUT2D eigenvalue weighted by Crippen LogP contribution is 2.18. The van der Waals surface area contributed by atoms with Crippen LogP contribution >= 0.6 is 0 Å². The van der Waals surface area contributed by atoms with Gasteiger partial charge in [-0.25, -0.2) is 0 Å². The van der Waals surface area contributed by atoms with Crippen molar-refractivity contribution in [1.29, 1.82) is 0 Å². The first-order chi connectivity index (χ1) is 10.6. The normalized spacial score (nSPS) is 11.8. The fraction of sp³-hybridized carbons (Fsp3) is 0.278. The number of aliphatic hydroxyl groups excluding tert-OH is 1. The highest BCUT2D eigenvalue weighted by molar-refractivity contribution is 5.79. The Labute approximate surface area is 130 Å². The number of para-hydroxylation sites is 1. The average molecular weight is 299 g/mol. The van der Waals surface area contributed by atoms with E-state index in [0.717, 1.165) is 16.7 Å². The van der Waals surface area contributed by atoms with Crippen molar-refractivity contribution in [3.8, 4) is 5.75 Å². The van der Waals surface area contributed by atoms with Gasteiger partial charge in [0, 0.05) is 12.1 Å². The second-order valence-electron chi connectivity index (χ2n) is 5.17. The Hall–Kier alpha value is -2.33. The molecule has 4 heteroatoms. The number of aliphatic hydroxyl groups is 1. The molecule has 0 aromatic heterocycles. The summed E-state index contributed by atoms with van der Waals surface area (Å²) in [6.45, 7) is 2.13. The second-order valence-corrected chi connectivity index (χ2v) is 5.17. The van der Waals surface area contributed by atoms with Gasteiger partial charge in [0.1, 0.15) is 5.75 Å². The number of carbonyl (C=O) groups excluding carboxylic acids is 1. The van der Waals surface area contributed by atoms with Crippen LogP contribution in [0.25, 0.3) is 0 Å². The zero-order chi connectivity index (χ0) is 15.9. The van der Waals surface area contributed by atoms with Crippen LogP contribution in [-0.2, 0) is 11.2 Å². The molecule has 0 aliphatic heterocycles. The lowest BCUT2D eigenvalue weighted by atomic mass is 10.0. The molecule has 0 radical (unpaired) electrons. The molecule has 1 unspecified atom stereocenters. The van der Waals surface area contributed by atoms with E-state index < -0.39 is 6.10 Å². The van der Waals surface area contributed by atoms with Crippen molar-refractivity contribution in [3.05, 3.63) is 65.2 Å². The number of methoxy groups -OCH3 is 1. The third kappa shape index (κ3) is 4.09. The summed E-state index contributed by atoms with van der Waals surface area (Å²) in [5, 5.41) is 12.9. The third-order valence-electron chi connectivity index (χ3n) is 3.58. The van der Waals surface area contributed by atoms with Crippen LogP contribution in [0.1, 0.15) is 22.8 Å². The maximum Gasteiger partial charge on any atom is 0.224 e. The molecule has 0 aliphatic carbocycles. The van der Waals surface area contributed by atoms with E-state index >= 15 is 0 Å². The van der Waals surface area contributed by atoms with Crippen molar-refractivity contribution in [2.45, 2.75) is 19.4 Å². The van der Waals surface area contributed by atoms with Gasteiger partial charge in [-0.1, -0.05) is 42.5 Å². The van der Waals surface area contributed by atoms with Crippen molar-refractivity contribution in [2.75, 3.05) is 13.7 Å². The molecular weight excluding hydrogens is 278 g/mol. The van der Waals surface area contributed by atoms with Gasteiger partial charge < -0.3 is 15.2 Å². The lowest BCUT2D eigenvalue weighted by molar-refractivity contribution is -0.120. The Morgan fingerprint density at radius 2 is 1.86 bits per heavy atom. The minimum Gasteiger partial charge on any atom is -0.496 e. The van der Waals surface area contributed by atoms with Crippen LogP contribution in [0.3, 0.4) is 0 Å². The molecule has 2 rings (SSSR count). The summed E-state index contributed by atoms with van der Waals surface area (Å²) in [5.41, 5.74) is 2.67. The molecule has 0 aliphatic rings. The van der Waals surface area contributed by atoms with Gasteiger partial charge in [0.05, 0.1) is 19.6 Å². The smallest absolute Gasteiger partial charge is 0.224 e. The highest BCUT2D eigenvalue weighted by atomic mass is 16.5. The fourth-order valence-corrected chi connectivity index (χ4v) is 2.37. The molecule has 0 spiro atoms. The van der Waals surface area contributed by atoms with Gasteiger partial charge in [0.2, 0.25) is 5.91 Å². The summed E-state index contributed by atoms with van der Waals surface area (Å²) in [7, 11) is 1.58. The zero-order valence-electron chi connectivity index (χ0n) is 12.9. The summed E-state index contributed by atoms with van der Waals surface area (Å²) in [5.74, 6) is 0.550. The van der Waals surface area contributed by atoms with Gasteiger partial charge in [-0.15, -0.1) is 0 Å². The molecule has 0 bridgehead atoms. The standard InChI is InChI=1S/C18H21NO3/c1-13-7-3-5-9-15(13)16(20)12-19-18(21)11-14-8-4-6-10-17(14)22-2/h3-10,16,20H,11-12H2,1-2H3,(H,19,21). The van der Waals surface area contributed by atoms with Crippen LogP contribution in [0.5, 0.6) is 5.75 Å². The SMILES string of the molecule is COc1ccccc1CC(=O)NCC(O)c1ccccc1C. The van der Waals surface area contributed by atoms with Gasteiger partial charge in [-0.3, -0.25) is 4.79 Å². The van der Waals surface area contributed by atoms with Crippen LogP contribution in [0.15, 0.2) is 48.5 Å². The first-order valence-electron chi connectivity index (χ1n) is 7.24. The monoisotopic (exact) mass is 299 g/mol. The van der Waals surface area contributed by atoms with Crippen LogP contribution in [0.2, 0.25) is 0 Å². The summed E-state index contributed by atoms with van der Waals surface area (Å²) in [6.07, 6.45) is -0.479. The van der Waals surface area contributed by atoms with E-state index in [1.165, 1.54) is 0 Å². The molecule has 2 aromatic rings. The van der Waals surface area contributed by atoms with E-state index in [4.69, 9.17) is 4.74 Å². The lowest BCUT2D eigenvalue weighted by Gasteiger charge is -2.15. The quantitative estimate of drug-likeness (QED) is 0.861. The summed E-state index contributed by atoms with van der Waals surface area (Å²) < 4.78 is 5.23. The Morgan fingerprint density at radius 1 is 1.18 bits per heavy atom.